The van der Waals surface area contributed by atoms with Gasteiger partial charge in [-0.05, 0) is 38.0 Å². The van der Waals surface area contributed by atoms with Crippen molar-refractivity contribution in [1.29, 1.82) is 0 Å². The van der Waals surface area contributed by atoms with E-state index < -0.39 is 0 Å². The highest BCUT2D eigenvalue weighted by Crippen LogP contribution is 2.26. The molecule has 0 bridgehead atoms. The Morgan fingerprint density at radius 3 is 2.52 bits per heavy atom. The minimum Gasteiger partial charge on any atom is -0.494 e. The second kappa shape index (κ2) is 6.72. The third-order valence-electron chi connectivity index (χ3n) is 3.62. The van der Waals surface area contributed by atoms with Crippen LogP contribution in [0.3, 0.4) is 0 Å². The number of amides is 2. The summed E-state index contributed by atoms with van der Waals surface area (Å²) >= 11 is 0. The molecule has 5 heteroatoms. The highest BCUT2D eigenvalue weighted by atomic mass is 16.5. The van der Waals surface area contributed by atoms with Gasteiger partial charge in [0.1, 0.15) is 5.75 Å². The fraction of sp³-hybridized carbons (Fsp3) is 0.500. The smallest absolute Gasteiger partial charge is 0.229 e. The Kier molecular flexibility index (Phi) is 4.96. The summed E-state index contributed by atoms with van der Waals surface area (Å²) in [7, 11) is 0. The molecule has 5 nitrogen and oxygen atoms in total. The van der Waals surface area contributed by atoms with E-state index in [1.165, 1.54) is 4.90 Å². The van der Waals surface area contributed by atoms with Crippen molar-refractivity contribution in [3.05, 3.63) is 29.3 Å². The molecule has 2 amide bonds. The number of rotatable bonds is 5. The van der Waals surface area contributed by atoms with Gasteiger partial charge in [-0.3, -0.25) is 14.5 Å². The predicted octanol–water partition coefficient (Wildman–Crippen LogP) is 2.14. The first-order chi connectivity index (χ1) is 10.0. The lowest BCUT2D eigenvalue weighted by molar-refractivity contribution is -0.148. The number of piperidine rings is 1. The van der Waals surface area contributed by atoms with Crippen LogP contribution in [0, 0.1) is 0 Å². The second-order valence-electron chi connectivity index (χ2n) is 5.32. The van der Waals surface area contributed by atoms with Gasteiger partial charge in [0.15, 0.2) is 0 Å². The van der Waals surface area contributed by atoms with Gasteiger partial charge in [0.05, 0.1) is 13.2 Å². The summed E-state index contributed by atoms with van der Waals surface area (Å²) in [5, 5.41) is 0. The number of carbonyl (C=O) groups is 2. The molecule has 0 radical (unpaired) electrons. The Labute approximate surface area is 125 Å². The minimum atomic E-state index is -0.111. The van der Waals surface area contributed by atoms with Gasteiger partial charge >= 0.3 is 0 Å². The number of ether oxygens (including phenoxy) is 1. The van der Waals surface area contributed by atoms with Crippen LogP contribution in [0.5, 0.6) is 5.75 Å². The van der Waals surface area contributed by atoms with E-state index >= 15 is 0 Å². The third-order valence-corrected chi connectivity index (χ3v) is 3.62. The fourth-order valence-corrected chi connectivity index (χ4v) is 2.45. The molecule has 1 aliphatic rings. The molecule has 0 aromatic heterocycles. The van der Waals surface area contributed by atoms with E-state index in [0.717, 1.165) is 11.1 Å². The summed E-state index contributed by atoms with van der Waals surface area (Å²) in [6, 6.07) is 5.59. The summed E-state index contributed by atoms with van der Waals surface area (Å²) in [5.41, 5.74) is 7.70. The fourth-order valence-electron chi connectivity index (χ4n) is 2.45. The van der Waals surface area contributed by atoms with E-state index in [4.69, 9.17) is 10.5 Å². The van der Waals surface area contributed by atoms with Crippen LogP contribution in [-0.2, 0) is 16.1 Å². The molecule has 1 fully saturated rings. The number of likely N-dealkylation sites (tertiary alicyclic amines) is 1. The van der Waals surface area contributed by atoms with Crippen LogP contribution in [0.15, 0.2) is 18.2 Å². The number of nitrogens with zero attached hydrogens (tertiary/aromatic N) is 1. The van der Waals surface area contributed by atoms with Gasteiger partial charge in [0.2, 0.25) is 11.8 Å². The van der Waals surface area contributed by atoms with Gasteiger partial charge in [-0.1, -0.05) is 6.07 Å². The lowest BCUT2D eigenvalue weighted by Gasteiger charge is -2.26. The van der Waals surface area contributed by atoms with Gasteiger partial charge < -0.3 is 10.5 Å². The van der Waals surface area contributed by atoms with Crippen molar-refractivity contribution in [3.63, 3.8) is 0 Å². The first-order valence-corrected chi connectivity index (χ1v) is 7.37. The molecular weight excluding hydrogens is 268 g/mol. The molecule has 21 heavy (non-hydrogen) atoms. The van der Waals surface area contributed by atoms with Crippen molar-refractivity contribution in [2.75, 3.05) is 6.61 Å². The number of hydrogen-bond donors (Lipinski definition) is 1. The van der Waals surface area contributed by atoms with Gasteiger partial charge in [-0.25, -0.2) is 0 Å². The summed E-state index contributed by atoms with van der Waals surface area (Å²) < 4.78 is 5.59. The van der Waals surface area contributed by atoms with Crippen LogP contribution in [-0.4, -0.2) is 23.3 Å². The van der Waals surface area contributed by atoms with Crippen LogP contribution in [0.2, 0.25) is 0 Å². The Balaban J connectivity index is 2.29. The van der Waals surface area contributed by atoms with Gasteiger partial charge in [0, 0.05) is 24.4 Å². The minimum absolute atomic E-state index is 0.104. The molecule has 1 heterocycles. The first kappa shape index (κ1) is 15.5. The number of benzene rings is 1. The first-order valence-electron chi connectivity index (χ1n) is 7.37. The molecule has 1 aromatic carbocycles. The van der Waals surface area contributed by atoms with Gasteiger partial charge in [0.25, 0.3) is 0 Å². The van der Waals surface area contributed by atoms with Crippen LogP contribution < -0.4 is 10.5 Å². The van der Waals surface area contributed by atoms with Gasteiger partial charge in [-0.15, -0.1) is 0 Å². The average molecular weight is 290 g/mol. The lowest BCUT2D eigenvalue weighted by atomic mass is 10.0. The largest absolute Gasteiger partial charge is 0.494 e. The number of nitrogens with two attached hydrogens (primary N) is 1. The molecule has 0 saturated carbocycles. The van der Waals surface area contributed by atoms with E-state index in [1.54, 1.807) is 0 Å². The zero-order valence-electron chi connectivity index (χ0n) is 12.6. The Bertz CT molecular complexity index is 524. The van der Waals surface area contributed by atoms with E-state index in [9.17, 15) is 9.59 Å². The Morgan fingerprint density at radius 2 is 1.95 bits per heavy atom. The summed E-state index contributed by atoms with van der Waals surface area (Å²) in [4.78, 5) is 25.2. The maximum Gasteiger partial charge on any atom is 0.229 e. The van der Waals surface area contributed by atoms with Crippen LogP contribution >= 0.6 is 0 Å². The van der Waals surface area contributed by atoms with Gasteiger partial charge in [-0.2, -0.15) is 0 Å². The van der Waals surface area contributed by atoms with E-state index in [-0.39, 0.29) is 24.4 Å². The maximum absolute atomic E-state index is 11.9. The van der Waals surface area contributed by atoms with Crippen LogP contribution in [0.1, 0.15) is 50.3 Å². The normalized spacial score (nSPS) is 17.0. The number of carbonyl (C=O) groups excluding carboxylic acids is 2. The van der Waals surface area contributed by atoms with Crippen molar-refractivity contribution >= 4 is 11.8 Å². The van der Waals surface area contributed by atoms with Crippen molar-refractivity contribution in [3.8, 4) is 5.75 Å². The average Bonchev–Trinajstić information content (AvgIpc) is 2.44. The molecule has 2 N–H and O–H groups in total. The summed E-state index contributed by atoms with van der Waals surface area (Å²) in [5.74, 6) is 0.480. The maximum atomic E-state index is 11.9. The van der Waals surface area contributed by atoms with E-state index in [2.05, 4.69) is 0 Å². The zero-order chi connectivity index (χ0) is 15.4. The zero-order valence-corrected chi connectivity index (χ0v) is 12.6. The quantitative estimate of drug-likeness (QED) is 0.843. The summed E-state index contributed by atoms with van der Waals surface area (Å²) in [6.45, 7) is 4.59. The number of hydrogen-bond acceptors (Lipinski definition) is 4. The molecule has 0 aliphatic carbocycles. The molecule has 1 atom stereocenters. The highest BCUT2D eigenvalue weighted by molar-refractivity contribution is 5.97. The molecule has 114 valence electrons. The van der Waals surface area contributed by atoms with Crippen molar-refractivity contribution < 1.29 is 14.3 Å². The predicted molar refractivity (Wildman–Crippen MR) is 79.6 cm³/mol. The SMILES string of the molecule is CCOc1ccc(C(C)N)cc1CN1C(=O)CCCC1=O. The number of imide groups is 1. The topological polar surface area (TPSA) is 72.6 Å². The molecule has 2 rings (SSSR count). The molecule has 0 spiro atoms. The van der Waals surface area contributed by atoms with E-state index in [1.807, 2.05) is 32.0 Å². The second-order valence-corrected chi connectivity index (χ2v) is 5.32. The standard InChI is InChI=1S/C16H22N2O3/c1-3-21-14-8-7-12(11(2)17)9-13(14)10-18-15(19)5-4-6-16(18)20/h7-9,11H,3-6,10,17H2,1-2H3. The van der Waals surface area contributed by atoms with Crippen LogP contribution in [0.4, 0.5) is 0 Å². The molecule has 1 unspecified atom stereocenters. The third kappa shape index (κ3) is 3.61. The van der Waals surface area contributed by atoms with Crippen molar-refractivity contribution in [2.45, 2.75) is 45.7 Å². The Morgan fingerprint density at radius 1 is 1.29 bits per heavy atom. The molecule has 1 saturated heterocycles. The van der Waals surface area contributed by atoms with Crippen LogP contribution in [0.25, 0.3) is 0 Å². The highest BCUT2D eigenvalue weighted by Gasteiger charge is 2.26. The Hall–Kier alpha value is -1.88. The van der Waals surface area contributed by atoms with E-state index in [0.29, 0.717) is 31.6 Å². The molecular formula is C16H22N2O3. The summed E-state index contributed by atoms with van der Waals surface area (Å²) in [6.07, 6.45) is 1.51. The van der Waals surface area contributed by atoms with Crippen molar-refractivity contribution in [1.82, 2.24) is 4.90 Å². The molecule has 1 aliphatic heterocycles. The van der Waals surface area contributed by atoms with Crippen molar-refractivity contribution in [2.24, 2.45) is 5.73 Å². The monoisotopic (exact) mass is 290 g/mol. The lowest BCUT2D eigenvalue weighted by Crippen LogP contribution is -2.39. The molecule has 1 aromatic rings.